The van der Waals surface area contributed by atoms with Crippen molar-refractivity contribution in [1.82, 2.24) is 20.3 Å². The SMILES string of the molecule is CCNC(=O)Nc1nc2ccc(-c3ccc(N4CCOCC4)nc3)cc2[nH]1. The number of nitrogens with one attached hydrogen (secondary N) is 3. The average molecular weight is 366 g/mol. The minimum absolute atomic E-state index is 0.278. The van der Waals surface area contributed by atoms with E-state index in [0.29, 0.717) is 12.5 Å². The Morgan fingerprint density at radius 1 is 1.22 bits per heavy atom. The lowest BCUT2D eigenvalue weighted by Gasteiger charge is -2.27. The number of carbonyl (C=O) groups is 1. The molecule has 3 N–H and O–H groups in total. The summed E-state index contributed by atoms with van der Waals surface area (Å²) >= 11 is 0. The lowest BCUT2D eigenvalue weighted by molar-refractivity contribution is 0.122. The summed E-state index contributed by atoms with van der Waals surface area (Å²) in [7, 11) is 0. The fourth-order valence-corrected chi connectivity index (χ4v) is 3.10. The van der Waals surface area contributed by atoms with Crippen molar-refractivity contribution >= 4 is 28.8 Å². The van der Waals surface area contributed by atoms with Crippen molar-refractivity contribution in [2.75, 3.05) is 43.1 Å². The van der Waals surface area contributed by atoms with Gasteiger partial charge in [-0.15, -0.1) is 0 Å². The highest BCUT2D eigenvalue weighted by Crippen LogP contribution is 2.25. The van der Waals surface area contributed by atoms with Crippen LogP contribution < -0.4 is 15.5 Å². The van der Waals surface area contributed by atoms with Crippen LogP contribution in [-0.4, -0.2) is 53.8 Å². The number of ether oxygens (including phenoxy) is 1. The molecule has 0 aliphatic carbocycles. The molecule has 0 saturated carbocycles. The molecule has 4 rings (SSSR count). The van der Waals surface area contributed by atoms with E-state index in [9.17, 15) is 4.79 Å². The number of hydrogen-bond donors (Lipinski definition) is 3. The molecule has 8 nitrogen and oxygen atoms in total. The van der Waals surface area contributed by atoms with E-state index in [1.165, 1.54) is 0 Å². The van der Waals surface area contributed by atoms with Crippen LogP contribution in [-0.2, 0) is 4.74 Å². The van der Waals surface area contributed by atoms with E-state index in [1.807, 2.05) is 37.4 Å². The number of imidazole rings is 1. The maximum atomic E-state index is 11.6. The summed E-state index contributed by atoms with van der Waals surface area (Å²) in [6, 6.07) is 9.78. The second-order valence-corrected chi connectivity index (χ2v) is 6.31. The zero-order chi connectivity index (χ0) is 18.6. The van der Waals surface area contributed by atoms with Crippen LogP contribution in [0, 0.1) is 0 Å². The van der Waals surface area contributed by atoms with Gasteiger partial charge in [-0.3, -0.25) is 5.32 Å². The molecule has 140 valence electrons. The number of aromatic amines is 1. The molecule has 0 radical (unpaired) electrons. The number of urea groups is 1. The lowest BCUT2D eigenvalue weighted by atomic mass is 10.1. The van der Waals surface area contributed by atoms with Crippen LogP contribution in [0.5, 0.6) is 0 Å². The first kappa shape index (κ1) is 17.3. The van der Waals surface area contributed by atoms with Crippen molar-refractivity contribution in [2.24, 2.45) is 0 Å². The zero-order valence-electron chi connectivity index (χ0n) is 15.2. The molecular weight excluding hydrogens is 344 g/mol. The number of benzene rings is 1. The number of carbonyl (C=O) groups excluding carboxylic acids is 1. The Hall–Kier alpha value is -3.13. The first-order chi connectivity index (χ1) is 13.2. The van der Waals surface area contributed by atoms with E-state index in [4.69, 9.17) is 4.74 Å². The van der Waals surface area contributed by atoms with E-state index in [1.54, 1.807) is 0 Å². The second-order valence-electron chi connectivity index (χ2n) is 6.31. The van der Waals surface area contributed by atoms with E-state index < -0.39 is 0 Å². The Morgan fingerprint density at radius 2 is 2.04 bits per heavy atom. The van der Waals surface area contributed by atoms with Crippen LogP contribution in [0.2, 0.25) is 0 Å². The van der Waals surface area contributed by atoms with Gasteiger partial charge in [0.15, 0.2) is 0 Å². The molecular formula is C19H22N6O2. The van der Waals surface area contributed by atoms with Crippen LogP contribution in [0.3, 0.4) is 0 Å². The standard InChI is InChI=1S/C19H22N6O2/c1-2-20-19(26)24-18-22-15-5-3-13(11-16(15)23-18)14-4-6-17(21-12-14)25-7-9-27-10-8-25/h3-6,11-12H,2,7-10H2,1H3,(H3,20,22,23,24,26). The lowest BCUT2D eigenvalue weighted by Crippen LogP contribution is -2.36. The molecule has 1 aliphatic heterocycles. The molecule has 0 unspecified atom stereocenters. The number of rotatable bonds is 4. The number of fused-ring (bicyclic) bond motifs is 1. The average Bonchev–Trinajstić information content (AvgIpc) is 3.10. The first-order valence-corrected chi connectivity index (χ1v) is 9.06. The fraction of sp³-hybridized carbons (Fsp3) is 0.316. The Bertz CT molecular complexity index is 931. The molecule has 1 saturated heterocycles. The molecule has 1 aliphatic rings. The number of hydrogen-bond acceptors (Lipinski definition) is 5. The third-order valence-corrected chi connectivity index (χ3v) is 4.47. The smallest absolute Gasteiger partial charge is 0.321 e. The number of anilines is 2. The molecule has 0 bridgehead atoms. The van der Waals surface area contributed by atoms with Gasteiger partial charge in [0.25, 0.3) is 0 Å². The van der Waals surface area contributed by atoms with Crippen LogP contribution >= 0.6 is 0 Å². The molecule has 1 aromatic carbocycles. The van der Waals surface area contributed by atoms with Crippen molar-refractivity contribution in [2.45, 2.75) is 6.92 Å². The van der Waals surface area contributed by atoms with Gasteiger partial charge in [0.2, 0.25) is 5.95 Å². The molecule has 8 heteroatoms. The number of morpholine rings is 1. The zero-order valence-corrected chi connectivity index (χ0v) is 15.2. The van der Waals surface area contributed by atoms with Crippen LogP contribution in [0.15, 0.2) is 36.5 Å². The third kappa shape index (κ3) is 3.85. The molecule has 3 heterocycles. The second kappa shape index (κ2) is 7.63. The first-order valence-electron chi connectivity index (χ1n) is 9.06. The highest BCUT2D eigenvalue weighted by atomic mass is 16.5. The summed E-state index contributed by atoms with van der Waals surface area (Å²) in [6.07, 6.45) is 1.89. The van der Waals surface area contributed by atoms with Gasteiger partial charge in [-0.25, -0.2) is 14.8 Å². The summed E-state index contributed by atoms with van der Waals surface area (Å²) in [5, 5.41) is 5.37. The van der Waals surface area contributed by atoms with Crippen LogP contribution in [0.1, 0.15) is 6.92 Å². The largest absolute Gasteiger partial charge is 0.378 e. The number of amides is 2. The summed E-state index contributed by atoms with van der Waals surface area (Å²) in [5.74, 6) is 1.40. The fourth-order valence-electron chi connectivity index (χ4n) is 3.10. The Labute approximate surface area is 157 Å². The molecule has 1 fully saturated rings. The number of pyridine rings is 1. The minimum Gasteiger partial charge on any atom is -0.378 e. The van der Waals surface area contributed by atoms with Crippen molar-refractivity contribution in [3.63, 3.8) is 0 Å². The molecule has 0 atom stereocenters. The normalized spacial score (nSPS) is 14.3. The summed E-state index contributed by atoms with van der Waals surface area (Å²) < 4.78 is 5.39. The highest BCUT2D eigenvalue weighted by Gasteiger charge is 2.13. The van der Waals surface area contributed by atoms with E-state index >= 15 is 0 Å². The monoisotopic (exact) mass is 366 g/mol. The molecule has 0 spiro atoms. The maximum Gasteiger partial charge on any atom is 0.321 e. The minimum atomic E-state index is -0.278. The Morgan fingerprint density at radius 3 is 2.78 bits per heavy atom. The van der Waals surface area contributed by atoms with Crippen molar-refractivity contribution in [1.29, 1.82) is 0 Å². The van der Waals surface area contributed by atoms with Crippen molar-refractivity contribution in [3.05, 3.63) is 36.5 Å². The molecule has 27 heavy (non-hydrogen) atoms. The van der Waals surface area contributed by atoms with Crippen molar-refractivity contribution < 1.29 is 9.53 Å². The van der Waals surface area contributed by atoms with E-state index in [2.05, 4.69) is 36.6 Å². The molecule has 3 aromatic rings. The predicted molar refractivity (Wildman–Crippen MR) is 105 cm³/mol. The quantitative estimate of drug-likeness (QED) is 0.660. The Balaban J connectivity index is 1.53. The van der Waals surface area contributed by atoms with Crippen LogP contribution in [0.4, 0.5) is 16.6 Å². The van der Waals surface area contributed by atoms with Gasteiger partial charge in [0, 0.05) is 31.4 Å². The van der Waals surface area contributed by atoms with E-state index in [-0.39, 0.29) is 6.03 Å². The number of H-pyrrole nitrogens is 1. The number of nitrogens with zero attached hydrogens (tertiary/aromatic N) is 3. The van der Waals surface area contributed by atoms with Gasteiger partial charge in [-0.05, 0) is 36.8 Å². The van der Waals surface area contributed by atoms with Gasteiger partial charge in [0.1, 0.15) is 5.82 Å². The van der Waals surface area contributed by atoms with Gasteiger partial charge in [0.05, 0.1) is 24.2 Å². The summed E-state index contributed by atoms with van der Waals surface area (Å²) in [6.45, 7) is 5.65. The van der Waals surface area contributed by atoms with Gasteiger partial charge >= 0.3 is 6.03 Å². The number of aromatic nitrogens is 3. The van der Waals surface area contributed by atoms with Gasteiger partial charge in [-0.2, -0.15) is 0 Å². The van der Waals surface area contributed by atoms with Gasteiger partial charge < -0.3 is 19.9 Å². The van der Waals surface area contributed by atoms with E-state index in [0.717, 1.165) is 54.3 Å². The van der Waals surface area contributed by atoms with Crippen molar-refractivity contribution in [3.8, 4) is 11.1 Å². The topological polar surface area (TPSA) is 95.2 Å². The summed E-state index contributed by atoms with van der Waals surface area (Å²) in [5.41, 5.74) is 3.72. The third-order valence-electron chi connectivity index (χ3n) is 4.47. The van der Waals surface area contributed by atoms with Crippen LogP contribution in [0.25, 0.3) is 22.2 Å². The highest BCUT2D eigenvalue weighted by molar-refractivity contribution is 5.90. The summed E-state index contributed by atoms with van der Waals surface area (Å²) in [4.78, 5) is 26.0. The predicted octanol–water partition coefficient (Wildman–Crippen LogP) is 2.60. The molecule has 2 aromatic heterocycles. The molecule has 2 amide bonds. The Kier molecular flexibility index (Phi) is 4.88. The van der Waals surface area contributed by atoms with Gasteiger partial charge in [-0.1, -0.05) is 6.07 Å². The maximum absolute atomic E-state index is 11.6.